The van der Waals surface area contributed by atoms with E-state index in [1.807, 2.05) is 13.0 Å². The van der Waals surface area contributed by atoms with Crippen LogP contribution in [-0.4, -0.2) is 29.0 Å². The van der Waals surface area contributed by atoms with Crippen LogP contribution in [0.1, 0.15) is 18.9 Å². The minimum absolute atomic E-state index is 0.0187. The number of halogens is 1. The zero-order valence-electron chi connectivity index (χ0n) is 9.51. The Labute approximate surface area is 104 Å². The summed E-state index contributed by atoms with van der Waals surface area (Å²) in [4.78, 5) is 20.4. The number of nitriles is 1. The fourth-order valence-electron chi connectivity index (χ4n) is 1.51. The van der Waals surface area contributed by atoms with Crippen molar-refractivity contribution in [1.82, 2.24) is 9.97 Å². The van der Waals surface area contributed by atoms with Crippen LogP contribution in [-0.2, 0) is 4.79 Å². The second-order valence-corrected chi connectivity index (χ2v) is 3.76. The summed E-state index contributed by atoms with van der Waals surface area (Å²) in [6.45, 7) is 1.82. The molecule has 0 saturated carbocycles. The highest BCUT2D eigenvalue weighted by Gasteiger charge is 2.22. The smallest absolute Gasteiger partial charge is 0.240 e. The predicted octanol–water partition coefficient (Wildman–Crippen LogP) is 0.702. The fraction of sp³-hybridized carbons (Fsp3) is 0.400. The van der Waals surface area contributed by atoms with Gasteiger partial charge in [-0.1, -0.05) is 6.92 Å². The maximum atomic E-state index is 11.3. The molecule has 0 aliphatic heterocycles. The van der Waals surface area contributed by atoms with Gasteiger partial charge in [-0.15, -0.1) is 0 Å². The molecule has 1 amide bonds. The van der Waals surface area contributed by atoms with Crippen molar-refractivity contribution in [1.29, 1.82) is 5.26 Å². The molecule has 90 valence electrons. The van der Waals surface area contributed by atoms with Gasteiger partial charge in [0.2, 0.25) is 11.2 Å². The molecular weight excluding hydrogens is 242 g/mol. The fourth-order valence-corrected chi connectivity index (χ4v) is 1.64. The molecule has 1 heterocycles. The maximum absolute atomic E-state index is 11.3. The molecule has 0 fully saturated rings. The third kappa shape index (κ3) is 2.82. The number of nitrogens with two attached hydrogens (primary N) is 1. The van der Waals surface area contributed by atoms with Gasteiger partial charge < -0.3 is 10.6 Å². The SMILES string of the molecule is CCC(C(N)=O)N(C)c1nc(Cl)ncc1C#N. The van der Waals surface area contributed by atoms with Crippen molar-refractivity contribution in [2.45, 2.75) is 19.4 Å². The van der Waals surface area contributed by atoms with Gasteiger partial charge in [0.15, 0.2) is 5.82 Å². The molecule has 0 aliphatic carbocycles. The van der Waals surface area contributed by atoms with Crippen LogP contribution in [0.2, 0.25) is 5.28 Å². The molecule has 17 heavy (non-hydrogen) atoms. The summed E-state index contributed by atoms with van der Waals surface area (Å²) >= 11 is 5.67. The van der Waals surface area contributed by atoms with E-state index in [2.05, 4.69) is 9.97 Å². The summed E-state index contributed by atoms with van der Waals surface area (Å²) in [5, 5.41) is 8.95. The Morgan fingerprint density at radius 3 is 2.88 bits per heavy atom. The van der Waals surface area contributed by atoms with E-state index in [0.29, 0.717) is 12.2 Å². The van der Waals surface area contributed by atoms with Crippen molar-refractivity contribution in [3.8, 4) is 6.07 Å². The van der Waals surface area contributed by atoms with Crippen LogP contribution in [0.4, 0.5) is 5.82 Å². The Balaban J connectivity index is 3.19. The number of likely N-dealkylation sites (N-methyl/N-ethyl adjacent to an activating group) is 1. The Hall–Kier alpha value is -1.87. The second kappa shape index (κ2) is 5.46. The highest BCUT2D eigenvalue weighted by molar-refractivity contribution is 6.28. The molecule has 2 N–H and O–H groups in total. The molecule has 0 spiro atoms. The van der Waals surface area contributed by atoms with Crippen molar-refractivity contribution in [2.24, 2.45) is 5.73 Å². The van der Waals surface area contributed by atoms with Crippen molar-refractivity contribution < 1.29 is 4.79 Å². The summed E-state index contributed by atoms with van der Waals surface area (Å²) in [5.41, 5.74) is 5.52. The summed E-state index contributed by atoms with van der Waals surface area (Å²) in [6.07, 6.45) is 1.83. The second-order valence-electron chi connectivity index (χ2n) is 3.43. The van der Waals surface area contributed by atoms with Crippen LogP contribution >= 0.6 is 11.6 Å². The summed E-state index contributed by atoms with van der Waals surface area (Å²) in [5.74, 6) is -0.174. The molecule has 0 radical (unpaired) electrons. The van der Waals surface area contributed by atoms with Crippen LogP contribution in [0.5, 0.6) is 0 Å². The van der Waals surface area contributed by atoms with Gasteiger partial charge in [0.25, 0.3) is 0 Å². The first-order valence-electron chi connectivity index (χ1n) is 4.96. The first-order valence-corrected chi connectivity index (χ1v) is 5.33. The van der Waals surface area contributed by atoms with Gasteiger partial charge in [0, 0.05) is 7.05 Å². The number of rotatable bonds is 4. The lowest BCUT2D eigenvalue weighted by molar-refractivity contribution is -0.119. The first-order chi connectivity index (χ1) is 8.01. The lowest BCUT2D eigenvalue weighted by Gasteiger charge is -2.26. The van der Waals surface area contributed by atoms with Crippen LogP contribution in [0.25, 0.3) is 0 Å². The number of primary amides is 1. The monoisotopic (exact) mass is 253 g/mol. The molecule has 0 aromatic carbocycles. The van der Waals surface area contributed by atoms with E-state index in [0.717, 1.165) is 0 Å². The predicted molar refractivity (Wildman–Crippen MR) is 63.4 cm³/mol. The maximum Gasteiger partial charge on any atom is 0.240 e. The van der Waals surface area contributed by atoms with Gasteiger partial charge in [-0.25, -0.2) is 4.98 Å². The highest BCUT2D eigenvalue weighted by atomic mass is 35.5. The average molecular weight is 254 g/mol. The molecule has 0 bridgehead atoms. The van der Waals surface area contributed by atoms with Crippen LogP contribution in [0, 0.1) is 11.3 Å². The lowest BCUT2D eigenvalue weighted by Crippen LogP contribution is -2.43. The van der Waals surface area contributed by atoms with E-state index >= 15 is 0 Å². The van der Waals surface area contributed by atoms with Gasteiger partial charge >= 0.3 is 0 Å². The van der Waals surface area contributed by atoms with Crippen molar-refractivity contribution >= 4 is 23.3 Å². The van der Waals surface area contributed by atoms with Crippen molar-refractivity contribution in [3.05, 3.63) is 17.0 Å². The molecule has 7 heteroatoms. The van der Waals surface area contributed by atoms with Crippen molar-refractivity contribution in [2.75, 3.05) is 11.9 Å². The molecule has 1 aromatic rings. The Kier molecular flexibility index (Phi) is 4.24. The van der Waals surface area contributed by atoms with Crippen LogP contribution < -0.4 is 10.6 Å². The zero-order valence-corrected chi connectivity index (χ0v) is 10.3. The van der Waals surface area contributed by atoms with E-state index in [4.69, 9.17) is 22.6 Å². The summed E-state index contributed by atoms with van der Waals surface area (Å²) < 4.78 is 0. The molecular formula is C10H12ClN5O. The van der Waals surface area contributed by atoms with Crippen LogP contribution in [0.3, 0.4) is 0 Å². The summed E-state index contributed by atoms with van der Waals surface area (Å²) in [7, 11) is 1.64. The lowest BCUT2D eigenvalue weighted by atomic mass is 10.1. The molecule has 1 aromatic heterocycles. The number of amides is 1. The number of carbonyl (C=O) groups excluding carboxylic acids is 1. The van der Waals surface area contributed by atoms with E-state index in [-0.39, 0.29) is 10.8 Å². The summed E-state index contributed by atoms with van der Waals surface area (Å²) in [6, 6.07) is 1.41. The minimum atomic E-state index is -0.534. The molecule has 6 nitrogen and oxygen atoms in total. The third-order valence-electron chi connectivity index (χ3n) is 2.38. The van der Waals surface area contributed by atoms with Gasteiger partial charge in [-0.3, -0.25) is 4.79 Å². The van der Waals surface area contributed by atoms with Gasteiger partial charge in [0.1, 0.15) is 17.7 Å². The number of hydrogen-bond acceptors (Lipinski definition) is 5. The van der Waals surface area contributed by atoms with E-state index < -0.39 is 11.9 Å². The topological polar surface area (TPSA) is 95.9 Å². The number of nitrogens with zero attached hydrogens (tertiary/aromatic N) is 4. The molecule has 1 rings (SSSR count). The van der Waals surface area contributed by atoms with Crippen molar-refractivity contribution in [3.63, 3.8) is 0 Å². The molecule has 1 unspecified atom stereocenters. The zero-order chi connectivity index (χ0) is 13.0. The molecule has 0 aliphatic rings. The highest BCUT2D eigenvalue weighted by Crippen LogP contribution is 2.20. The standard InChI is InChI=1S/C10H12ClN5O/c1-3-7(8(13)17)16(2)9-6(4-12)5-14-10(11)15-9/h5,7H,3H2,1-2H3,(H2,13,17). The number of hydrogen-bond donors (Lipinski definition) is 1. The van der Waals surface area contributed by atoms with Gasteiger partial charge in [-0.2, -0.15) is 10.2 Å². The van der Waals surface area contributed by atoms with Crippen LogP contribution in [0.15, 0.2) is 6.20 Å². The largest absolute Gasteiger partial charge is 0.368 e. The number of carbonyl (C=O) groups is 1. The normalized spacial score (nSPS) is 11.6. The van der Waals surface area contributed by atoms with E-state index in [1.54, 1.807) is 7.05 Å². The quantitative estimate of drug-likeness (QED) is 0.797. The number of anilines is 1. The molecule has 1 atom stereocenters. The molecule has 0 saturated heterocycles. The van der Waals surface area contributed by atoms with E-state index in [1.165, 1.54) is 11.1 Å². The Morgan fingerprint density at radius 2 is 2.41 bits per heavy atom. The van der Waals surface area contributed by atoms with E-state index in [9.17, 15) is 4.79 Å². The van der Waals surface area contributed by atoms with Gasteiger partial charge in [-0.05, 0) is 18.0 Å². The number of aromatic nitrogens is 2. The van der Waals surface area contributed by atoms with Gasteiger partial charge in [0.05, 0.1) is 6.20 Å². The first kappa shape index (κ1) is 13.2. The Bertz CT molecular complexity index is 470. The Morgan fingerprint density at radius 1 is 1.76 bits per heavy atom. The minimum Gasteiger partial charge on any atom is -0.368 e. The third-order valence-corrected chi connectivity index (χ3v) is 2.56. The average Bonchev–Trinajstić information content (AvgIpc) is 2.29.